The highest BCUT2D eigenvalue weighted by molar-refractivity contribution is 6.60. The van der Waals surface area contributed by atoms with Crippen molar-refractivity contribution in [3.05, 3.63) is 74.8 Å². The number of rotatable bonds is 3. The summed E-state index contributed by atoms with van der Waals surface area (Å²) in [5.41, 5.74) is 0.818. The molecule has 0 saturated heterocycles. The number of hydrogen-bond donors (Lipinski definition) is 0. The molecule has 2 amide bonds. The molecular formula is C17H8ClN3O4. The number of carbonyl (C=O) groups excluding carboxylic acids is 2. The van der Waals surface area contributed by atoms with Gasteiger partial charge in [-0.05, 0) is 42.0 Å². The minimum absolute atomic E-state index is 0.0223. The van der Waals surface area contributed by atoms with Crippen LogP contribution in [-0.2, 0) is 9.59 Å². The average molecular weight is 354 g/mol. The number of anilines is 1. The molecule has 0 radical (unpaired) electrons. The van der Waals surface area contributed by atoms with E-state index in [0.29, 0.717) is 11.1 Å². The molecule has 0 unspecified atom stereocenters. The molecule has 1 aliphatic heterocycles. The van der Waals surface area contributed by atoms with Gasteiger partial charge in [-0.15, -0.1) is 0 Å². The van der Waals surface area contributed by atoms with E-state index in [2.05, 4.69) is 0 Å². The number of carbonyl (C=O) groups is 2. The Kier molecular flexibility index (Phi) is 4.05. The first-order valence-electron chi connectivity index (χ1n) is 6.97. The van der Waals surface area contributed by atoms with E-state index < -0.39 is 16.7 Å². The highest BCUT2D eigenvalue weighted by Gasteiger charge is 2.39. The molecule has 0 saturated carbocycles. The standard InChI is InChI=1S/C17H8ClN3O4/c18-15-14(11-3-7-13(8-4-11)21(24)25)16(22)20(17(15)23)12-5-1-10(9-19)2-6-12/h1-8H. The second kappa shape index (κ2) is 6.19. The molecular weight excluding hydrogens is 346 g/mol. The zero-order chi connectivity index (χ0) is 18.1. The molecule has 2 aromatic carbocycles. The van der Waals surface area contributed by atoms with Crippen LogP contribution in [0.25, 0.3) is 5.57 Å². The van der Waals surface area contributed by atoms with Gasteiger partial charge >= 0.3 is 0 Å². The van der Waals surface area contributed by atoms with Crippen molar-refractivity contribution in [1.82, 2.24) is 0 Å². The Labute approximate surface area is 146 Å². The van der Waals surface area contributed by atoms with E-state index in [1.165, 1.54) is 48.5 Å². The Bertz CT molecular complexity index is 972. The van der Waals surface area contributed by atoms with Crippen molar-refractivity contribution in [2.75, 3.05) is 4.90 Å². The van der Waals surface area contributed by atoms with Crippen LogP contribution in [0.2, 0.25) is 0 Å². The normalized spacial score (nSPS) is 14.0. The van der Waals surface area contributed by atoms with Gasteiger partial charge in [0, 0.05) is 12.1 Å². The summed E-state index contributed by atoms with van der Waals surface area (Å²) in [5.74, 6) is -1.32. The van der Waals surface area contributed by atoms with Crippen LogP contribution in [0, 0.1) is 21.4 Å². The Morgan fingerprint density at radius 1 is 1.00 bits per heavy atom. The Morgan fingerprint density at radius 3 is 2.12 bits per heavy atom. The van der Waals surface area contributed by atoms with Crippen molar-refractivity contribution in [3.63, 3.8) is 0 Å². The van der Waals surface area contributed by atoms with Gasteiger partial charge in [0.25, 0.3) is 17.5 Å². The lowest BCUT2D eigenvalue weighted by Gasteiger charge is -2.14. The summed E-state index contributed by atoms with van der Waals surface area (Å²) in [6.45, 7) is 0. The van der Waals surface area contributed by atoms with Crippen LogP contribution in [0.4, 0.5) is 11.4 Å². The van der Waals surface area contributed by atoms with Crippen molar-refractivity contribution in [1.29, 1.82) is 5.26 Å². The Balaban J connectivity index is 1.98. The van der Waals surface area contributed by atoms with E-state index in [4.69, 9.17) is 16.9 Å². The van der Waals surface area contributed by atoms with Crippen molar-refractivity contribution >= 4 is 40.4 Å². The quantitative estimate of drug-likeness (QED) is 0.479. The van der Waals surface area contributed by atoms with Crippen LogP contribution < -0.4 is 4.90 Å². The maximum atomic E-state index is 12.7. The largest absolute Gasteiger partial charge is 0.277 e. The first-order valence-corrected chi connectivity index (χ1v) is 7.35. The molecule has 8 heteroatoms. The van der Waals surface area contributed by atoms with Crippen LogP contribution in [0.5, 0.6) is 0 Å². The van der Waals surface area contributed by atoms with Gasteiger partial charge in [-0.3, -0.25) is 19.7 Å². The number of benzene rings is 2. The summed E-state index contributed by atoms with van der Waals surface area (Å²) in [7, 11) is 0. The summed E-state index contributed by atoms with van der Waals surface area (Å²) in [6, 6.07) is 13.0. The minimum Gasteiger partial charge on any atom is -0.268 e. The average Bonchev–Trinajstić information content (AvgIpc) is 2.84. The third kappa shape index (κ3) is 2.75. The van der Waals surface area contributed by atoms with Gasteiger partial charge in [-0.2, -0.15) is 5.26 Å². The lowest BCUT2D eigenvalue weighted by Crippen LogP contribution is -2.31. The molecule has 3 rings (SSSR count). The van der Waals surface area contributed by atoms with Gasteiger partial charge < -0.3 is 0 Å². The van der Waals surface area contributed by atoms with E-state index in [0.717, 1.165) is 4.90 Å². The smallest absolute Gasteiger partial charge is 0.268 e. The van der Waals surface area contributed by atoms with Crippen LogP contribution in [0.1, 0.15) is 11.1 Å². The number of nitriles is 1. The predicted molar refractivity (Wildman–Crippen MR) is 89.5 cm³/mol. The van der Waals surface area contributed by atoms with Crippen LogP contribution in [-0.4, -0.2) is 16.7 Å². The fourth-order valence-electron chi connectivity index (χ4n) is 2.42. The lowest BCUT2D eigenvalue weighted by atomic mass is 10.1. The van der Waals surface area contributed by atoms with Gasteiger partial charge in [0.2, 0.25) is 0 Å². The van der Waals surface area contributed by atoms with Gasteiger partial charge in [-0.1, -0.05) is 11.6 Å². The van der Waals surface area contributed by atoms with Crippen molar-refractivity contribution in [2.24, 2.45) is 0 Å². The SMILES string of the molecule is N#Cc1ccc(N2C(=O)C(Cl)=C(c3ccc([N+](=O)[O-])cc3)C2=O)cc1. The zero-order valence-corrected chi connectivity index (χ0v) is 13.2. The molecule has 1 aliphatic rings. The second-order valence-corrected chi connectivity index (χ2v) is 5.48. The first kappa shape index (κ1) is 16.4. The highest BCUT2D eigenvalue weighted by Crippen LogP contribution is 2.35. The van der Waals surface area contributed by atoms with Gasteiger partial charge in [0.1, 0.15) is 5.03 Å². The molecule has 0 aromatic heterocycles. The molecule has 0 N–H and O–H groups in total. The van der Waals surface area contributed by atoms with Gasteiger partial charge in [0.15, 0.2) is 0 Å². The lowest BCUT2D eigenvalue weighted by molar-refractivity contribution is -0.384. The number of nitrogens with zero attached hydrogens (tertiary/aromatic N) is 3. The molecule has 1 heterocycles. The summed E-state index contributed by atoms with van der Waals surface area (Å²) in [6.07, 6.45) is 0. The molecule has 122 valence electrons. The molecule has 0 aliphatic carbocycles. The minimum atomic E-state index is -0.690. The number of hydrogen-bond acceptors (Lipinski definition) is 5. The molecule has 0 fully saturated rings. The zero-order valence-electron chi connectivity index (χ0n) is 12.5. The van der Waals surface area contributed by atoms with E-state index in [1.807, 2.05) is 6.07 Å². The van der Waals surface area contributed by atoms with Crippen molar-refractivity contribution in [2.45, 2.75) is 0 Å². The maximum Gasteiger partial charge on any atom is 0.277 e. The number of non-ortho nitro benzene ring substituents is 1. The Hall–Kier alpha value is -3.50. The predicted octanol–water partition coefficient (Wildman–Crippen LogP) is 2.99. The monoisotopic (exact) mass is 353 g/mol. The molecule has 25 heavy (non-hydrogen) atoms. The summed E-state index contributed by atoms with van der Waals surface area (Å²) < 4.78 is 0. The molecule has 0 atom stereocenters. The van der Waals surface area contributed by atoms with Crippen molar-refractivity contribution in [3.8, 4) is 6.07 Å². The van der Waals surface area contributed by atoms with E-state index in [-0.39, 0.29) is 22.0 Å². The third-order valence-corrected chi connectivity index (χ3v) is 4.00. The van der Waals surface area contributed by atoms with E-state index >= 15 is 0 Å². The number of nitro benzene ring substituents is 1. The summed E-state index contributed by atoms with van der Waals surface area (Å²) in [5, 5.41) is 19.3. The number of amides is 2. The summed E-state index contributed by atoms with van der Waals surface area (Å²) in [4.78, 5) is 36.1. The molecule has 7 nitrogen and oxygen atoms in total. The van der Waals surface area contributed by atoms with E-state index in [9.17, 15) is 19.7 Å². The highest BCUT2D eigenvalue weighted by atomic mass is 35.5. The maximum absolute atomic E-state index is 12.7. The van der Waals surface area contributed by atoms with Crippen LogP contribution >= 0.6 is 11.6 Å². The van der Waals surface area contributed by atoms with Crippen LogP contribution in [0.3, 0.4) is 0 Å². The first-order chi connectivity index (χ1) is 11.9. The topological polar surface area (TPSA) is 104 Å². The number of imide groups is 1. The fourth-order valence-corrected chi connectivity index (χ4v) is 2.70. The molecule has 0 bridgehead atoms. The molecule has 2 aromatic rings. The molecule has 0 spiro atoms. The third-order valence-electron chi connectivity index (χ3n) is 3.65. The second-order valence-electron chi connectivity index (χ2n) is 5.10. The number of nitro groups is 1. The number of halogens is 1. The summed E-state index contributed by atoms with van der Waals surface area (Å²) >= 11 is 6.04. The van der Waals surface area contributed by atoms with Gasteiger partial charge in [-0.25, -0.2) is 4.90 Å². The van der Waals surface area contributed by atoms with E-state index in [1.54, 1.807) is 0 Å². The van der Waals surface area contributed by atoms with Gasteiger partial charge in [0.05, 0.1) is 27.8 Å². The Morgan fingerprint density at radius 2 is 1.60 bits per heavy atom. The fraction of sp³-hybridized carbons (Fsp3) is 0. The van der Waals surface area contributed by atoms with Crippen molar-refractivity contribution < 1.29 is 14.5 Å². The van der Waals surface area contributed by atoms with Crippen LogP contribution in [0.15, 0.2) is 53.6 Å².